The molecule has 2 aromatic rings. The third-order valence-corrected chi connectivity index (χ3v) is 6.61. The van der Waals surface area contributed by atoms with Gasteiger partial charge in [-0.05, 0) is 60.7 Å². The summed E-state index contributed by atoms with van der Waals surface area (Å²) in [6.45, 7) is 7.39. The maximum absolute atomic E-state index is 11.7. The number of piperazine rings is 1. The molecule has 4 rings (SSSR count). The summed E-state index contributed by atoms with van der Waals surface area (Å²) in [5.74, 6) is 0.151. The van der Waals surface area contributed by atoms with Gasteiger partial charge in [0, 0.05) is 51.0 Å². The fraction of sp³-hybridized carbons (Fsp3) is 0.462. The van der Waals surface area contributed by atoms with Crippen LogP contribution >= 0.6 is 0 Å². The maximum Gasteiger partial charge on any atom is 0.224 e. The van der Waals surface area contributed by atoms with Crippen molar-refractivity contribution in [2.75, 3.05) is 51.3 Å². The predicted octanol–water partition coefficient (Wildman–Crippen LogP) is 3.00. The van der Waals surface area contributed by atoms with Gasteiger partial charge in [0.15, 0.2) is 5.78 Å². The number of Topliss-reactive ketones (excluding diaryl/α,β-unsaturated/α-hetero) is 1. The molecule has 6 nitrogen and oxygen atoms in total. The van der Waals surface area contributed by atoms with Gasteiger partial charge in [0.25, 0.3) is 0 Å². The number of anilines is 1. The van der Waals surface area contributed by atoms with Crippen LogP contribution in [0.15, 0.2) is 42.5 Å². The largest absolute Gasteiger partial charge is 0.373 e. The topological polar surface area (TPSA) is 61.9 Å². The number of fused-ring (bicyclic) bond motifs is 1. The Labute approximate surface area is 190 Å². The highest BCUT2D eigenvalue weighted by atomic mass is 16.5. The van der Waals surface area contributed by atoms with E-state index in [1.165, 1.54) is 16.8 Å². The van der Waals surface area contributed by atoms with Gasteiger partial charge in [-0.2, -0.15) is 0 Å². The van der Waals surface area contributed by atoms with E-state index in [4.69, 9.17) is 4.74 Å². The van der Waals surface area contributed by atoms with E-state index in [1.54, 1.807) is 14.0 Å². The second-order valence-corrected chi connectivity index (χ2v) is 8.71. The van der Waals surface area contributed by atoms with Crippen LogP contribution < -0.4 is 10.2 Å². The first-order chi connectivity index (χ1) is 15.5. The number of carbonyl (C=O) groups excluding carboxylic acids is 2. The van der Waals surface area contributed by atoms with Crippen LogP contribution in [0.4, 0.5) is 5.69 Å². The molecular weight excluding hydrogens is 402 g/mol. The molecule has 0 aliphatic carbocycles. The van der Waals surface area contributed by atoms with E-state index >= 15 is 0 Å². The Bertz CT molecular complexity index is 949. The first-order valence-electron chi connectivity index (χ1n) is 11.6. The van der Waals surface area contributed by atoms with Crippen LogP contribution in [0.3, 0.4) is 0 Å². The lowest BCUT2D eigenvalue weighted by atomic mass is 9.93. The van der Waals surface area contributed by atoms with E-state index in [-0.39, 0.29) is 17.8 Å². The summed E-state index contributed by atoms with van der Waals surface area (Å²) in [6, 6.07) is 14.3. The number of hydrogen-bond donors (Lipinski definition) is 1. The molecule has 0 aromatic heterocycles. The number of likely N-dealkylation sites (N-methyl/N-ethyl adjacent to an activating group) is 1. The SMILES string of the molecule is CNC(=O)Cc1ccc2c(c1)CCO[C@H]2CCN1CCN(c2ccc(C(C)=O)cc2)CC1. The van der Waals surface area contributed by atoms with E-state index in [0.717, 1.165) is 63.3 Å². The highest BCUT2D eigenvalue weighted by Gasteiger charge is 2.24. The number of ether oxygens (including phenoxy) is 1. The first-order valence-corrected chi connectivity index (χ1v) is 11.6. The fourth-order valence-corrected chi connectivity index (χ4v) is 4.65. The van der Waals surface area contributed by atoms with Crippen molar-refractivity contribution >= 4 is 17.4 Å². The minimum absolute atomic E-state index is 0.0440. The standard InChI is InChI=1S/C26H33N3O3/c1-19(30)21-4-6-23(7-5-21)29-14-12-28(13-15-29)11-9-25-24-8-3-20(18-26(31)27-2)17-22(24)10-16-32-25/h3-8,17,25H,9-16,18H2,1-2H3,(H,27,31)/t25-/m0/s1. The van der Waals surface area contributed by atoms with Crippen LogP contribution in [0.25, 0.3) is 0 Å². The average molecular weight is 436 g/mol. The first kappa shape index (κ1) is 22.5. The second-order valence-electron chi connectivity index (χ2n) is 8.71. The summed E-state index contributed by atoms with van der Waals surface area (Å²) >= 11 is 0. The normalized spacial score (nSPS) is 18.8. The second kappa shape index (κ2) is 10.3. The molecular formula is C26H33N3O3. The Morgan fingerprint density at radius 2 is 1.81 bits per heavy atom. The third-order valence-electron chi connectivity index (χ3n) is 6.61. The lowest BCUT2D eigenvalue weighted by molar-refractivity contribution is -0.119. The minimum atomic E-state index is 0.0440. The number of carbonyl (C=O) groups is 2. The number of ketones is 1. The van der Waals surface area contributed by atoms with Gasteiger partial charge in [0.2, 0.25) is 5.91 Å². The fourth-order valence-electron chi connectivity index (χ4n) is 4.65. The predicted molar refractivity (Wildman–Crippen MR) is 126 cm³/mol. The molecule has 1 saturated heterocycles. The molecule has 6 heteroatoms. The lowest BCUT2D eigenvalue weighted by Gasteiger charge is -2.37. The summed E-state index contributed by atoms with van der Waals surface area (Å²) in [6.07, 6.45) is 2.45. The molecule has 2 aliphatic rings. The zero-order chi connectivity index (χ0) is 22.5. The Morgan fingerprint density at radius 3 is 2.50 bits per heavy atom. The number of rotatable bonds is 7. The molecule has 0 bridgehead atoms. The molecule has 32 heavy (non-hydrogen) atoms. The van der Waals surface area contributed by atoms with Crippen LogP contribution in [0.5, 0.6) is 0 Å². The molecule has 1 fully saturated rings. The van der Waals surface area contributed by atoms with Crippen molar-refractivity contribution in [2.45, 2.75) is 32.3 Å². The van der Waals surface area contributed by atoms with Gasteiger partial charge in [0.05, 0.1) is 19.1 Å². The van der Waals surface area contributed by atoms with Crippen molar-refractivity contribution in [3.05, 3.63) is 64.7 Å². The van der Waals surface area contributed by atoms with Crippen molar-refractivity contribution in [3.63, 3.8) is 0 Å². The highest BCUT2D eigenvalue weighted by molar-refractivity contribution is 5.94. The Balaban J connectivity index is 1.29. The smallest absolute Gasteiger partial charge is 0.224 e. The number of nitrogens with zero attached hydrogens (tertiary/aromatic N) is 2. The zero-order valence-electron chi connectivity index (χ0n) is 19.1. The molecule has 1 amide bonds. The molecule has 1 N–H and O–H groups in total. The minimum Gasteiger partial charge on any atom is -0.373 e. The number of hydrogen-bond acceptors (Lipinski definition) is 5. The zero-order valence-corrected chi connectivity index (χ0v) is 19.1. The summed E-state index contributed by atoms with van der Waals surface area (Å²) in [5.41, 5.74) is 5.62. The van der Waals surface area contributed by atoms with Gasteiger partial charge in [-0.25, -0.2) is 0 Å². The van der Waals surface area contributed by atoms with Gasteiger partial charge >= 0.3 is 0 Å². The van der Waals surface area contributed by atoms with Crippen LogP contribution in [0.2, 0.25) is 0 Å². The highest BCUT2D eigenvalue weighted by Crippen LogP contribution is 2.31. The Kier molecular flexibility index (Phi) is 7.22. The van der Waals surface area contributed by atoms with Gasteiger partial charge in [-0.1, -0.05) is 18.2 Å². The van der Waals surface area contributed by atoms with E-state index in [0.29, 0.717) is 6.42 Å². The van der Waals surface area contributed by atoms with Crippen molar-refractivity contribution in [1.82, 2.24) is 10.2 Å². The van der Waals surface area contributed by atoms with E-state index in [9.17, 15) is 9.59 Å². The van der Waals surface area contributed by atoms with Gasteiger partial charge in [-0.3, -0.25) is 14.5 Å². The summed E-state index contributed by atoms with van der Waals surface area (Å²) in [5, 5.41) is 2.69. The van der Waals surface area contributed by atoms with Crippen molar-refractivity contribution in [3.8, 4) is 0 Å². The summed E-state index contributed by atoms with van der Waals surface area (Å²) in [4.78, 5) is 28.1. The van der Waals surface area contributed by atoms with Crippen LogP contribution in [0.1, 0.15) is 46.5 Å². The number of nitrogens with one attached hydrogen (secondary N) is 1. The molecule has 2 aromatic carbocycles. The number of benzene rings is 2. The van der Waals surface area contributed by atoms with Crippen molar-refractivity contribution in [1.29, 1.82) is 0 Å². The number of amides is 1. The average Bonchev–Trinajstić information content (AvgIpc) is 2.83. The van der Waals surface area contributed by atoms with Gasteiger partial charge < -0.3 is 15.0 Å². The maximum atomic E-state index is 11.7. The molecule has 0 spiro atoms. The van der Waals surface area contributed by atoms with Crippen LogP contribution in [-0.2, 0) is 22.4 Å². The molecule has 0 saturated carbocycles. The molecule has 2 aliphatic heterocycles. The van der Waals surface area contributed by atoms with E-state index < -0.39 is 0 Å². The molecule has 1 atom stereocenters. The van der Waals surface area contributed by atoms with Gasteiger partial charge in [0.1, 0.15) is 0 Å². The Morgan fingerprint density at radius 1 is 1.06 bits per heavy atom. The summed E-state index contributed by atoms with van der Waals surface area (Å²) in [7, 11) is 1.68. The van der Waals surface area contributed by atoms with E-state index in [2.05, 4.69) is 45.4 Å². The van der Waals surface area contributed by atoms with Crippen LogP contribution in [-0.4, -0.2) is 63.0 Å². The molecule has 0 radical (unpaired) electrons. The Hall–Kier alpha value is -2.70. The van der Waals surface area contributed by atoms with Crippen molar-refractivity contribution in [2.24, 2.45) is 0 Å². The molecule has 0 unspecified atom stereocenters. The summed E-state index contributed by atoms with van der Waals surface area (Å²) < 4.78 is 6.11. The quantitative estimate of drug-likeness (QED) is 0.678. The molecule has 2 heterocycles. The van der Waals surface area contributed by atoms with E-state index in [1.807, 2.05) is 12.1 Å². The monoisotopic (exact) mass is 435 g/mol. The lowest BCUT2D eigenvalue weighted by Crippen LogP contribution is -2.47. The third kappa shape index (κ3) is 5.37. The van der Waals surface area contributed by atoms with Crippen molar-refractivity contribution < 1.29 is 14.3 Å². The molecule has 170 valence electrons. The van der Waals surface area contributed by atoms with Gasteiger partial charge in [-0.15, -0.1) is 0 Å². The van der Waals surface area contributed by atoms with Crippen LogP contribution in [0, 0.1) is 0 Å².